The van der Waals surface area contributed by atoms with Crippen LogP contribution in [0.25, 0.3) is 0 Å². The zero-order valence-electron chi connectivity index (χ0n) is 17.1. The van der Waals surface area contributed by atoms with Crippen LogP contribution in [0.3, 0.4) is 0 Å². The number of nitrogens with one attached hydrogen (secondary N) is 3. The number of carbonyl (C=O) groups is 2. The van der Waals surface area contributed by atoms with Crippen molar-refractivity contribution in [2.24, 2.45) is 0 Å². The van der Waals surface area contributed by atoms with Gasteiger partial charge in [0.25, 0.3) is 0 Å². The number of carbonyl (C=O) groups excluding carboxylic acids is 2. The molecule has 3 amide bonds. The number of benzene rings is 2. The molecule has 3 aromatic rings. The molecule has 160 valence electrons. The van der Waals surface area contributed by atoms with Gasteiger partial charge in [-0.05, 0) is 72.9 Å². The van der Waals surface area contributed by atoms with E-state index >= 15 is 0 Å². The van der Waals surface area contributed by atoms with Crippen molar-refractivity contribution in [3.05, 3.63) is 88.7 Å². The summed E-state index contributed by atoms with van der Waals surface area (Å²) in [6.07, 6.45) is 6.55. The fourth-order valence-electron chi connectivity index (χ4n) is 3.02. The lowest BCUT2D eigenvalue weighted by Crippen LogP contribution is -2.28. The largest absolute Gasteiger partial charge is 0.334 e. The summed E-state index contributed by atoms with van der Waals surface area (Å²) in [6.45, 7) is 0.408. The van der Waals surface area contributed by atoms with Crippen LogP contribution >= 0.6 is 15.9 Å². The van der Waals surface area contributed by atoms with Gasteiger partial charge in [-0.25, -0.2) is 4.79 Å². The SMILES string of the molecule is O=C(CCCCc1ccc(Br)cc1)Nc1cccc(NC(=O)NCc2ccncc2)c1. The van der Waals surface area contributed by atoms with Gasteiger partial charge in [-0.1, -0.05) is 34.1 Å². The molecule has 0 aliphatic carbocycles. The fourth-order valence-corrected chi connectivity index (χ4v) is 3.29. The molecule has 1 heterocycles. The van der Waals surface area contributed by atoms with E-state index in [-0.39, 0.29) is 11.9 Å². The first-order valence-corrected chi connectivity index (χ1v) is 11.0. The van der Waals surface area contributed by atoms with Crippen LogP contribution in [0.5, 0.6) is 0 Å². The predicted octanol–water partition coefficient (Wildman–Crippen LogP) is 5.52. The number of unbranched alkanes of at least 4 members (excludes halogenated alkanes) is 1. The van der Waals surface area contributed by atoms with Crippen molar-refractivity contribution >= 4 is 39.2 Å². The Labute approximate surface area is 190 Å². The summed E-state index contributed by atoms with van der Waals surface area (Å²) in [5, 5.41) is 8.47. The molecule has 6 nitrogen and oxygen atoms in total. The molecule has 0 fully saturated rings. The minimum atomic E-state index is -0.312. The summed E-state index contributed by atoms with van der Waals surface area (Å²) in [5.41, 5.74) is 3.50. The maximum atomic E-state index is 12.2. The third kappa shape index (κ3) is 8.22. The normalized spacial score (nSPS) is 10.4. The average Bonchev–Trinajstić information content (AvgIpc) is 2.77. The molecule has 0 radical (unpaired) electrons. The molecule has 7 heteroatoms. The van der Waals surface area contributed by atoms with E-state index in [0.717, 1.165) is 29.3 Å². The number of amides is 3. The van der Waals surface area contributed by atoms with Crippen LogP contribution in [0, 0.1) is 0 Å². The highest BCUT2D eigenvalue weighted by molar-refractivity contribution is 9.10. The van der Waals surface area contributed by atoms with E-state index in [2.05, 4.69) is 49.0 Å². The zero-order chi connectivity index (χ0) is 21.9. The molecule has 3 N–H and O–H groups in total. The first-order valence-electron chi connectivity index (χ1n) is 10.2. The topological polar surface area (TPSA) is 83.1 Å². The highest BCUT2D eigenvalue weighted by Gasteiger charge is 2.06. The first kappa shape index (κ1) is 22.5. The van der Waals surface area contributed by atoms with Gasteiger partial charge in [0.2, 0.25) is 5.91 Å². The number of anilines is 2. The summed E-state index contributed by atoms with van der Waals surface area (Å²) in [4.78, 5) is 28.3. The van der Waals surface area contributed by atoms with Crippen molar-refractivity contribution in [2.75, 3.05) is 10.6 Å². The lowest BCUT2D eigenvalue weighted by molar-refractivity contribution is -0.116. The van der Waals surface area contributed by atoms with Crippen LogP contribution < -0.4 is 16.0 Å². The molecule has 2 aromatic carbocycles. The highest BCUT2D eigenvalue weighted by Crippen LogP contribution is 2.16. The molecule has 0 saturated carbocycles. The number of urea groups is 1. The monoisotopic (exact) mass is 480 g/mol. The third-order valence-corrected chi connectivity index (χ3v) is 5.17. The molecular formula is C24H25BrN4O2. The summed E-state index contributed by atoms with van der Waals surface area (Å²) < 4.78 is 1.07. The Hall–Kier alpha value is -3.19. The highest BCUT2D eigenvalue weighted by atomic mass is 79.9. The molecule has 0 atom stereocenters. The lowest BCUT2D eigenvalue weighted by Gasteiger charge is -2.10. The molecule has 0 bridgehead atoms. The maximum absolute atomic E-state index is 12.2. The molecule has 3 rings (SSSR count). The van der Waals surface area contributed by atoms with Crippen LogP contribution in [-0.4, -0.2) is 16.9 Å². The Morgan fingerprint density at radius 2 is 1.55 bits per heavy atom. The second-order valence-electron chi connectivity index (χ2n) is 7.13. The van der Waals surface area contributed by atoms with Crippen LogP contribution in [0.1, 0.15) is 30.4 Å². The quantitative estimate of drug-likeness (QED) is 0.352. The van der Waals surface area contributed by atoms with E-state index in [9.17, 15) is 9.59 Å². The molecule has 0 unspecified atom stereocenters. The summed E-state index contributed by atoms with van der Waals surface area (Å²) in [5.74, 6) is -0.0323. The lowest BCUT2D eigenvalue weighted by atomic mass is 10.1. The van der Waals surface area contributed by atoms with Crippen LogP contribution in [0.4, 0.5) is 16.2 Å². The smallest absolute Gasteiger partial charge is 0.319 e. The van der Waals surface area contributed by atoms with Crippen molar-refractivity contribution in [2.45, 2.75) is 32.2 Å². The molecule has 0 saturated heterocycles. The van der Waals surface area contributed by atoms with Gasteiger partial charge >= 0.3 is 6.03 Å². The van der Waals surface area contributed by atoms with Gasteiger partial charge in [0.15, 0.2) is 0 Å². The average molecular weight is 481 g/mol. The molecule has 0 aliphatic heterocycles. The number of halogens is 1. The van der Waals surface area contributed by atoms with Crippen molar-refractivity contribution in [1.29, 1.82) is 0 Å². The Balaban J connectivity index is 1.39. The van der Waals surface area contributed by atoms with Crippen molar-refractivity contribution < 1.29 is 9.59 Å². The fraction of sp³-hybridized carbons (Fsp3) is 0.208. The second kappa shape index (κ2) is 11.9. The van der Waals surface area contributed by atoms with E-state index in [0.29, 0.717) is 24.3 Å². The third-order valence-electron chi connectivity index (χ3n) is 4.64. The molecular weight excluding hydrogens is 456 g/mol. The van der Waals surface area contributed by atoms with E-state index < -0.39 is 0 Å². The van der Waals surface area contributed by atoms with E-state index in [1.165, 1.54) is 5.56 Å². The first-order chi connectivity index (χ1) is 15.1. The van der Waals surface area contributed by atoms with E-state index in [4.69, 9.17) is 0 Å². The van der Waals surface area contributed by atoms with Crippen molar-refractivity contribution in [3.63, 3.8) is 0 Å². The van der Waals surface area contributed by atoms with Crippen molar-refractivity contribution in [3.8, 4) is 0 Å². The number of aryl methyl sites for hydroxylation is 1. The molecule has 0 aliphatic rings. The second-order valence-corrected chi connectivity index (χ2v) is 8.04. The van der Waals surface area contributed by atoms with Gasteiger partial charge in [-0.2, -0.15) is 0 Å². The maximum Gasteiger partial charge on any atom is 0.319 e. The Morgan fingerprint density at radius 3 is 2.29 bits per heavy atom. The number of hydrogen-bond donors (Lipinski definition) is 3. The number of rotatable bonds is 9. The Morgan fingerprint density at radius 1 is 0.839 bits per heavy atom. The minimum Gasteiger partial charge on any atom is -0.334 e. The summed E-state index contributed by atoms with van der Waals surface area (Å²) in [6, 6.07) is 18.7. The standard InChI is InChI=1S/C24H25BrN4O2/c25-20-10-8-18(9-11-20)4-1-2-7-23(30)28-21-5-3-6-22(16-21)29-24(31)27-17-19-12-14-26-15-13-19/h3,5-6,8-16H,1-2,4,7,17H2,(H,28,30)(H2,27,29,31). The van der Waals surface area contributed by atoms with E-state index in [1.54, 1.807) is 36.7 Å². The summed E-state index contributed by atoms with van der Waals surface area (Å²) >= 11 is 3.43. The Kier molecular flexibility index (Phi) is 8.60. The van der Waals surface area contributed by atoms with Gasteiger partial charge in [0.05, 0.1) is 0 Å². The van der Waals surface area contributed by atoms with Gasteiger partial charge in [-0.15, -0.1) is 0 Å². The number of hydrogen-bond acceptors (Lipinski definition) is 3. The number of pyridine rings is 1. The van der Waals surface area contributed by atoms with E-state index in [1.807, 2.05) is 24.3 Å². The van der Waals surface area contributed by atoms with Gasteiger partial charge < -0.3 is 16.0 Å². The van der Waals surface area contributed by atoms with Crippen LogP contribution in [-0.2, 0) is 17.8 Å². The molecule has 31 heavy (non-hydrogen) atoms. The molecule has 1 aromatic heterocycles. The number of nitrogens with zero attached hydrogens (tertiary/aromatic N) is 1. The Bertz CT molecular complexity index is 994. The number of aromatic nitrogens is 1. The van der Waals surface area contributed by atoms with Gasteiger partial charge in [0.1, 0.15) is 0 Å². The van der Waals surface area contributed by atoms with Crippen LogP contribution in [0.2, 0.25) is 0 Å². The zero-order valence-corrected chi connectivity index (χ0v) is 18.7. The van der Waals surface area contributed by atoms with Gasteiger partial charge in [0, 0.05) is 41.2 Å². The predicted molar refractivity (Wildman–Crippen MR) is 127 cm³/mol. The minimum absolute atomic E-state index is 0.0323. The van der Waals surface area contributed by atoms with Crippen molar-refractivity contribution in [1.82, 2.24) is 10.3 Å². The van der Waals surface area contributed by atoms with Gasteiger partial charge in [-0.3, -0.25) is 9.78 Å². The van der Waals surface area contributed by atoms with Crippen LogP contribution in [0.15, 0.2) is 77.5 Å². The molecule has 0 spiro atoms. The summed E-state index contributed by atoms with van der Waals surface area (Å²) in [7, 11) is 0.